The average Bonchev–Trinajstić information content (AvgIpc) is 2.71. The van der Waals surface area contributed by atoms with Crippen molar-refractivity contribution >= 4 is 22.8 Å². The standard InChI is InChI=1S/C19H21NO7S/c1-25-18(21)14-7-8-15-16(11-14)26-10-9-17(15)28(23,24)20-19(22)27-12-13-5-3-2-4-6-13/h2-8,11,17,23-24H,9-10,12H2,1H3,(H,20,22)/t17-/m0/s1. The van der Waals surface area contributed by atoms with Crippen LogP contribution in [0.4, 0.5) is 4.79 Å². The first-order valence-electron chi connectivity index (χ1n) is 8.51. The Bertz CT molecular complexity index is 857. The Labute approximate surface area is 163 Å². The van der Waals surface area contributed by atoms with Crippen molar-refractivity contribution in [1.82, 2.24) is 4.72 Å². The van der Waals surface area contributed by atoms with Crippen LogP contribution in [0.5, 0.6) is 5.75 Å². The van der Waals surface area contributed by atoms with Gasteiger partial charge in [-0.05, 0) is 17.7 Å². The number of nitrogens with one attached hydrogen (secondary N) is 1. The Balaban J connectivity index is 1.70. The third-order valence-corrected chi connectivity index (χ3v) is 6.01. The molecule has 0 aliphatic carbocycles. The molecule has 150 valence electrons. The fraction of sp³-hybridized carbons (Fsp3) is 0.263. The number of carbonyl (C=O) groups excluding carboxylic acids is 2. The van der Waals surface area contributed by atoms with Crippen molar-refractivity contribution in [2.75, 3.05) is 13.7 Å². The lowest BCUT2D eigenvalue weighted by atomic mass is 10.0. The first kappa shape index (κ1) is 20.0. The third-order valence-electron chi connectivity index (χ3n) is 4.26. The number of hydrogen-bond donors (Lipinski definition) is 3. The zero-order chi connectivity index (χ0) is 20.1. The van der Waals surface area contributed by atoms with Gasteiger partial charge in [0, 0.05) is 12.0 Å². The van der Waals surface area contributed by atoms with Gasteiger partial charge in [-0.1, -0.05) is 36.4 Å². The van der Waals surface area contributed by atoms with Crippen LogP contribution >= 0.6 is 10.8 Å². The van der Waals surface area contributed by atoms with Gasteiger partial charge in [0.2, 0.25) is 0 Å². The quantitative estimate of drug-likeness (QED) is 0.644. The van der Waals surface area contributed by atoms with E-state index in [1.807, 2.05) is 18.2 Å². The van der Waals surface area contributed by atoms with Gasteiger partial charge in [-0.3, -0.25) is 9.11 Å². The van der Waals surface area contributed by atoms with Gasteiger partial charge in [0.15, 0.2) is 0 Å². The predicted octanol–water partition coefficient (Wildman–Crippen LogP) is 3.89. The number of fused-ring (bicyclic) bond motifs is 1. The summed E-state index contributed by atoms with van der Waals surface area (Å²) in [5.41, 5.74) is 1.55. The molecule has 0 radical (unpaired) electrons. The molecule has 8 nitrogen and oxygen atoms in total. The maximum atomic E-state index is 12.0. The first-order valence-corrected chi connectivity index (χ1v) is 10.1. The molecule has 0 bridgehead atoms. The van der Waals surface area contributed by atoms with E-state index in [9.17, 15) is 18.7 Å². The predicted molar refractivity (Wildman–Crippen MR) is 103 cm³/mol. The summed E-state index contributed by atoms with van der Waals surface area (Å²) < 4.78 is 38.6. The fourth-order valence-corrected chi connectivity index (χ4v) is 4.31. The number of methoxy groups -OCH3 is 1. The van der Waals surface area contributed by atoms with Crippen LogP contribution < -0.4 is 9.46 Å². The van der Waals surface area contributed by atoms with Crippen molar-refractivity contribution in [3.63, 3.8) is 0 Å². The van der Waals surface area contributed by atoms with E-state index in [-0.39, 0.29) is 25.2 Å². The maximum absolute atomic E-state index is 12.0. The molecule has 0 saturated heterocycles. The van der Waals surface area contributed by atoms with E-state index in [0.29, 0.717) is 11.3 Å². The maximum Gasteiger partial charge on any atom is 0.425 e. The number of carbonyl (C=O) groups is 2. The van der Waals surface area contributed by atoms with Gasteiger partial charge in [0.25, 0.3) is 0 Å². The fourth-order valence-electron chi connectivity index (χ4n) is 2.89. The van der Waals surface area contributed by atoms with Gasteiger partial charge in [-0.15, -0.1) is 10.8 Å². The largest absolute Gasteiger partial charge is 0.493 e. The number of amides is 1. The average molecular weight is 407 g/mol. The molecule has 1 aliphatic rings. The summed E-state index contributed by atoms with van der Waals surface area (Å²) in [4.78, 5) is 23.7. The smallest absolute Gasteiger partial charge is 0.425 e. The molecular formula is C19H21NO7S. The molecule has 1 heterocycles. The molecule has 0 saturated carbocycles. The van der Waals surface area contributed by atoms with Gasteiger partial charge in [-0.25, -0.2) is 14.3 Å². The molecule has 9 heteroatoms. The summed E-state index contributed by atoms with van der Waals surface area (Å²) in [5, 5.41) is -0.785. The van der Waals surface area contributed by atoms with Gasteiger partial charge < -0.3 is 14.2 Å². The molecule has 1 amide bonds. The van der Waals surface area contributed by atoms with E-state index < -0.39 is 28.1 Å². The molecule has 0 aromatic heterocycles. The number of rotatable bonds is 5. The molecule has 2 aromatic rings. The van der Waals surface area contributed by atoms with Crippen molar-refractivity contribution in [2.24, 2.45) is 0 Å². The minimum atomic E-state index is -3.56. The highest BCUT2D eigenvalue weighted by Gasteiger charge is 2.35. The van der Waals surface area contributed by atoms with Crippen LogP contribution in [-0.4, -0.2) is 34.9 Å². The molecular weight excluding hydrogens is 386 g/mol. The van der Waals surface area contributed by atoms with Crippen molar-refractivity contribution < 1.29 is 32.9 Å². The molecule has 0 unspecified atom stereocenters. The lowest BCUT2D eigenvalue weighted by Gasteiger charge is -2.42. The van der Waals surface area contributed by atoms with Gasteiger partial charge >= 0.3 is 12.1 Å². The van der Waals surface area contributed by atoms with Crippen LogP contribution in [0.3, 0.4) is 0 Å². The Kier molecular flexibility index (Phi) is 6.08. The molecule has 0 fully saturated rings. The summed E-state index contributed by atoms with van der Waals surface area (Å²) in [6, 6.07) is 13.6. The second kappa shape index (κ2) is 8.51. The van der Waals surface area contributed by atoms with Crippen molar-refractivity contribution in [1.29, 1.82) is 0 Å². The van der Waals surface area contributed by atoms with Crippen molar-refractivity contribution in [2.45, 2.75) is 18.3 Å². The minimum absolute atomic E-state index is 0.00898. The van der Waals surface area contributed by atoms with Crippen LogP contribution in [0.15, 0.2) is 48.5 Å². The Morgan fingerprint density at radius 1 is 1.21 bits per heavy atom. The highest BCUT2D eigenvalue weighted by Crippen LogP contribution is 2.55. The zero-order valence-electron chi connectivity index (χ0n) is 15.2. The van der Waals surface area contributed by atoms with Gasteiger partial charge in [0.1, 0.15) is 17.6 Å². The summed E-state index contributed by atoms with van der Waals surface area (Å²) in [6.45, 7) is 0.216. The third kappa shape index (κ3) is 4.56. The summed E-state index contributed by atoms with van der Waals surface area (Å²) in [7, 11) is -2.29. The van der Waals surface area contributed by atoms with E-state index in [2.05, 4.69) is 9.46 Å². The van der Waals surface area contributed by atoms with Gasteiger partial charge in [0.05, 0.1) is 19.3 Å². The monoisotopic (exact) mass is 407 g/mol. The number of hydrogen-bond acceptors (Lipinski definition) is 7. The summed E-state index contributed by atoms with van der Waals surface area (Å²) >= 11 is 0. The zero-order valence-corrected chi connectivity index (χ0v) is 16.0. The topological polar surface area (TPSA) is 114 Å². The molecule has 28 heavy (non-hydrogen) atoms. The Morgan fingerprint density at radius 2 is 1.96 bits per heavy atom. The van der Waals surface area contributed by atoms with E-state index in [4.69, 9.17) is 9.47 Å². The second-order valence-electron chi connectivity index (χ2n) is 6.13. The van der Waals surface area contributed by atoms with Crippen LogP contribution in [0.2, 0.25) is 0 Å². The molecule has 1 atom stereocenters. The second-order valence-corrected chi connectivity index (χ2v) is 8.09. The lowest BCUT2D eigenvalue weighted by molar-refractivity contribution is 0.0600. The molecule has 0 spiro atoms. The van der Waals surface area contributed by atoms with Crippen LogP contribution in [0, 0.1) is 0 Å². The Morgan fingerprint density at radius 3 is 2.68 bits per heavy atom. The molecule has 1 aliphatic heterocycles. The van der Waals surface area contributed by atoms with E-state index in [1.54, 1.807) is 18.2 Å². The number of esters is 1. The normalized spacial score (nSPS) is 16.3. The van der Waals surface area contributed by atoms with Crippen LogP contribution in [0.1, 0.15) is 33.2 Å². The highest BCUT2D eigenvalue weighted by atomic mass is 32.3. The number of ether oxygens (including phenoxy) is 3. The van der Waals surface area contributed by atoms with E-state index >= 15 is 0 Å². The summed E-state index contributed by atoms with van der Waals surface area (Å²) in [5.74, 6) is -0.179. The van der Waals surface area contributed by atoms with E-state index in [1.165, 1.54) is 19.2 Å². The Hall–Kier alpha value is -2.75. The molecule has 3 N–H and O–H groups in total. The lowest BCUT2D eigenvalue weighted by Crippen LogP contribution is -2.33. The molecule has 2 aromatic carbocycles. The molecule has 3 rings (SSSR count). The van der Waals surface area contributed by atoms with Crippen LogP contribution in [-0.2, 0) is 16.1 Å². The van der Waals surface area contributed by atoms with Crippen LogP contribution in [0.25, 0.3) is 0 Å². The van der Waals surface area contributed by atoms with Crippen molar-refractivity contribution in [3.05, 3.63) is 65.2 Å². The first-order chi connectivity index (χ1) is 13.4. The SMILES string of the molecule is COC(=O)c1ccc2c(c1)OCC[C@@H]2S(O)(O)NC(=O)OCc1ccccc1. The number of benzene rings is 2. The summed E-state index contributed by atoms with van der Waals surface area (Å²) in [6.07, 6.45) is -0.644. The minimum Gasteiger partial charge on any atom is -0.493 e. The van der Waals surface area contributed by atoms with E-state index in [0.717, 1.165) is 5.56 Å². The highest BCUT2D eigenvalue weighted by molar-refractivity contribution is 8.23. The van der Waals surface area contributed by atoms with Crippen molar-refractivity contribution in [3.8, 4) is 5.75 Å². The van der Waals surface area contributed by atoms with Gasteiger partial charge in [-0.2, -0.15) is 0 Å².